The molecule has 2 heterocycles. The number of nitrogens with zero attached hydrogens (tertiary/aromatic N) is 2. The van der Waals surface area contributed by atoms with Gasteiger partial charge < -0.3 is 19.3 Å². The number of carbonyl (C=O) groups is 3. The van der Waals surface area contributed by atoms with Crippen LogP contribution in [0, 0.1) is 6.92 Å². The Kier molecular flexibility index (Phi) is 9.16. The molecule has 2 aromatic heterocycles. The number of amides is 1. The Morgan fingerprint density at radius 2 is 2.10 bits per heavy atom. The summed E-state index contributed by atoms with van der Waals surface area (Å²) in [5.74, 6) is -0.211. The fourth-order valence-corrected chi connectivity index (χ4v) is 3.11. The zero-order valence-electron chi connectivity index (χ0n) is 16.3. The smallest absolute Gasteiger partial charge is 0.341 e. The van der Waals surface area contributed by atoms with Gasteiger partial charge in [0.15, 0.2) is 6.61 Å². The SMILES string of the molecule is CCOC(=O)CCCNC(=O)COC(=O)c1cccnc1SCc1cc(C)on1. The van der Waals surface area contributed by atoms with E-state index in [1.165, 1.54) is 11.8 Å². The van der Waals surface area contributed by atoms with Crippen molar-refractivity contribution in [2.75, 3.05) is 19.8 Å². The molecule has 0 saturated carbocycles. The molecule has 0 fully saturated rings. The molecule has 0 spiro atoms. The predicted molar refractivity (Wildman–Crippen MR) is 104 cm³/mol. The number of nitrogens with one attached hydrogen (secondary N) is 1. The third-order valence-corrected chi connectivity index (χ3v) is 4.58. The molecular weight excluding hydrogens is 398 g/mol. The maximum absolute atomic E-state index is 12.3. The first-order valence-electron chi connectivity index (χ1n) is 9.09. The molecule has 0 saturated heterocycles. The number of thioether (sulfide) groups is 1. The van der Waals surface area contributed by atoms with Crippen molar-refractivity contribution in [2.45, 2.75) is 37.5 Å². The molecule has 0 aliphatic carbocycles. The Hall–Kier alpha value is -2.88. The largest absolute Gasteiger partial charge is 0.466 e. The Morgan fingerprint density at radius 1 is 1.28 bits per heavy atom. The maximum atomic E-state index is 12.3. The lowest BCUT2D eigenvalue weighted by Gasteiger charge is -2.08. The first-order chi connectivity index (χ1) is 14.0. The summed E-state index contributed by atoms with van der Waals surface area (Å²) in [5.41, 5.74) is 1.01. The lowest BCUT2D eigenvalue weighted by Crippen LogP contribution is -2.30. The average molecular weight is 421 g/mol. The van der Waals surface area contributed by atoms with Gasteiger partial charge in [-0.05, 0) is 32.4 Å². The highest BCUT2D eigenvalue weighted by Gasteiger charge is 2.16. The fraction of sp³-hybridized carbons (Fsp3) is 0.421. The van der Waals surface area contributed by atoms with E-state index in [1.54, 1.807) is 38.2 Å². The van der Waals surface area contributed by atoms with Gasteiger partial charge in [-0.15, -0.1) is 0 Å². The molecule has 0 radical (unpaired) electrons. The molecule has 29 heavy (non-hydrogen) atoms. The van der Waals surface area contributed by atoms with Crippen LogP contribution in [0.2, 0.25) is 0 Å². The van der Waals surface area contributed by atoms with Crippen LogP contribution >= 0.6 is 11.8 Å². The van der Waals surface area contributed by atoms with Gasteiger partial charge >= 0.3 is 11.9 Å². The Balaban J connectivity index is 1.77. The highest BCUT2D eigenvalue weighted by molar-refractivity contribution is 7.98. The summed E-state index contributed by atoms with van der Waals surface area (Å²) in [6.07, 6.45) is 2.24. The van der Waals surface area contributed by atoms with Crippen LogP contribution in [0.4, 0.5) is 0 Å². The summed E-state index contributed by atoms with van der Waals surface area (Å²) in [4.78, 5) is 39.5. The van der Waals surface area contributed by atoms with E-state index in [-0.39, 0.29) is 18.0 Å². The Morgan fingerprint density at radius 3 is 2.83 bits per heavy atom. The molecule has 0 bridgehead atoms. The topological polar surface area (TPSA) is 121 Å². The second kappa shape index (κ2) is 11.8. The number of aryl methyl sites for hydroxylation is 1. The highest BCUT2D eigenvalue weighted by atomic mass is 32.2. The van der Waals surface area contributed by atoms with Crippen LogP contribution in [0.5, 0.6) is 0 Å². The van der Waals surface area contributed by atoms with E-state index in [2.05, 4.69) is 15.5 Å². The van der Waals surface area contributed by atoms with Crippen molar-refractivity contribution in [1.29, 1.82) is 0 Å². The van der Waals surface area contributed by atoms with Crippen LogP contribution in [0.3, 0.4) is 0 Å². The second-order valence-corrected chi connectivity index (χ2v) is 6.87. The first kappa shape index (κ1) is 22.4. The molecule has 9 nitrogen and oxygen atoms in total. The highest BCUT2D eigenvalue weighted by Crippen LogP contribution is 2.24. The number of esters is 2. The molecule has 1 amide bonds. The number of carbonyl (C=O) groups excluding carboxylic acids is 3. The summed E-state index contributed by atoms with van der Waals surface area (Å²) >= 11 is 1.32. The Bertz CT molecular complexity index is 839. The van der Waals surface area contributed by atoms with Crippen molar-refractivity contribution in [3.63, 3.8) is 0 Å². The minimum absolute atomic E-state index is 0.217. The maximum Gasteiger partial charge on any atom is 0.341 e. The predicted octanol–water partition coefficient (Wildman–Crippen LogP) is 2.29. The van der Waals surface area contributed by atoms with Crippen LogP contribution in [0.15, 0.2) is 33.9 Å². The minimum atomic E-state index is -0.640. The molecule has 0 aliphatic heterocycles. The van der Waals surface area contributed by atoms with Gasteiger partial charge in [0, 0.05) is 31.0 Å². The lowest BCUT2D eigenvalue weighted by molar-refractivity contribution is -0.143. The number of rotatable bonds is 11. The molecular formula is C19H23N3O6S. The third-order valence-electron chi connectivity index (χ3n) is 3.54. The van der Waals surface area contributed by atoms with Crippen LogP contribution in [0.1, 0.15) is 41.6 Å². The molecule has 156 valence electrons. The normalized spacial score (nSPS) is 10.4. The molecule has 0 atom stereocenters. The van der Waals surface area contributed by atoms with Gasteiger partial charge in [0.05, 0.1) is 17.9 Å². The van der Waals surface area contributed by atoms with Crippen LogP contribution in [0.25, 0.3) is 0 Å². The van der Waals surface area contributed by atoms with E-state index >= 15 is 0 Å². The summed E-state index contributed by atoms with van der Waals surface area (Å²) in [5, 5.41) is 6.97. The van der Waals surface area contributed by atoms with Crippen molar-refractivity contribution >= 4 is 29.6 Å². The van der Waals surface area contributed by atoms with E-state index in [9.17, 15) is 14.4 Å². The summed E-state index contributed by atoms with van der Waals surface area (Å²) < 4.78 is 14.9. The summed E-state index contributed by atoms with van der Waals surface area (Å²) in [7, 11) is 0. The quantitative estimate of drug-likeness (QED) is 0.331. The summed E-state index contributed by atoms with van der Waals surface area (Å²) in [6.45, 7) is 3.73. The number of pyridine rings is 1. The van der Waals surface area contributed by atoms with Crippen molar-refractivity contribution in [3.05, 3.63) is 41.4 Å². The van der Waals surface area contributed by atoms with E-state index in [4.69, 9.17) is 14.0 Å². The zero-order valence-corrected chi connectivity index (χ0v) is 17.1. The van der Waals surface area contributed by atoms with Gasteiger partial charge in [0.25, 0.3) is 5.91 Å². The van der Waals surface area contributed by atoms with Crippen LogP contribution < -0.4 is 5.32 Å². The molecule has 10 heteroatoms. The summed E-state index contributed by atoms with van der Waals surface area (Å²) in [6, 6.07) is 5.01. The van der Waals surface area contributed by atoms with Gasteiger partial charge in [0.1, 0.15) is 10.8 Å². The van der Waals surface area contributed by atoms with Crippen molar-refractivity contribution in [2.24, 2.45) is 0 Å². The van der Waals surface area contributed by atoms with Gasteiger partial charge in [-0.3, -0.25) is 9.59 Å². The molecule has 2 aromatic rings. The number of ether oxygens (including phenoxy) is 2. The van der Waals surface area contributed by atoms with Crippen molar-refractivity contribution in [3.8, 4) is 0 Å². The zero-order chi connectivity index (χ0) is 21.1. The van der Waals surface area contributed by atoms with Crippen LogP contribution in [-0.4, -0.2) is 47.7 Å². The number of hydrogen-bond acceptors (Lipinski definition) is 9. The van der Waals surface area contributed by atoms with E-state index in [0.29, 0.717) is 36.1 Å². The second-order valence-electron chi connectivity index (χ2n) is 5.91. The van der Waals surface area contributed by atoms with Gasteiger partial charge in [-0.25, -0.2) is 9.78 Å². The third kappa shape index (κ3) is 7.94. The lowest BCUT2D eigenvalue weighted by atomic mass is 10.3. The standard InChI is InChI=1S/C19H23N3O6S/c1-3-26-17(24)7-5-8-20-16(23)11-27-19(25)15-6-4-9-21-18(15)29-12-14-10-13(2)28-22-14/h4,6,9-10H,3,5,7-8,11-12H2,1-2H3,(H,20,23). The monoisotopic (exact) mass is 421 g/mol. The van der Waals surface area contributed by atoms with Gasteiger partial charge in [-0.1, -0.05) is 16.9 Å². The van der Waals surface area contributed by atoms with Crippen molar-refractivity contribution in [1.82, 2.24) is 15.5 Å². The average Bonchev–Trinajstić information content (AvgIpc) is 3.13. The first-order valence-corrected chi connectivity index (χ1v) is 10.1. The molecule has 0 unspecified atom stereocenters. The van der Waals surface area contributed by atoms with Gasteiger partial charge in [0.2, 0.25) is 0 Å². The molecule has 0 aliphatic rings. The number of aromatic nitrogens is 2. The van der Waals surface area contributed by atoms with Gasteiger partial charge in [-0.2, -0.15) is 0 Å². The van der Waals surface area contributed by atoms with E-state index < -0.39 is 18.5 Å². The van der Waals surface area contributed by atoms with Crippen molar-refractivity contribution < 1.29 is 28.4 Å². The van der Waals surface area contributed by atoms with Crippen LogP contribution in [-0.2, 0) is 24.8 Å². The Labute approximate surface area is 172 Å². The molecule has 1 N–H and O–H groups in total. The minimum Gasteiger partial charge on any atom is -0.466 e. The van der Waals surface area contributed by atoms with E-state index in [1.807, 2.05) is 0 Å². The fourth-order valence-electron chi connectivity index (χ4n) is 2.24. The molecule has 2 rings (SSSR count). The van der Waals surface area contributed by atoms with E-state index in [0.717, 1.165) is 5.69 Å². The molecule has 0 aromatic carbocycles. The number of hydrogen-bond donors (Lipinski definition) is 1.